The Balaban J connectivity index is 4.16. The van der Waals surface area contributed by atoms with Gasteiger partial charge in [0.25, 0.3) is 0 Å². The molecule has 0 radical (unpaired) electrons. The molecule has 0 rings (SSSR count). The van der Waals surface area contributed by atoms with E-state index in [4.69, 9.17) is 4.74 Å². The minimum absolute atomic E-state index is 0.0731. The average Bonchev–Trinajstić information content (AvgIpc) is 2.42. The number of carbonyl (C=O) groups excluding carboxylic acids is 1. The number of ether oxygens (including phenoxy) is 1. The van der Waals surface area contributed by atoms with Crippen LogP contribution in [0, 0.1) is 0 Å². The second-order valence-electron chi connectivity index (χ2n) is 5.09. The van der Waals surface area contributed by atoms with Crippen LogP contribution in [0.1, 0.15) is 85.5 Å². The van der Waals surface area contributed by atoms with Gasteiger partial charge in [-0.25, -0.2) is 4.79 Å². The van der Waals surface area contributed by atoms with Gasteiger partial charge in [-0.05, 0) is 25.7 Å². The zero-order valence-electron chi connectivity index (χ0n) is 13.4. The van der Waals surface area contributed by atoms with Crippen LogP contribution in [0.15, 0.2) is 11.1 Å². The predicted molar refractivity (Wildman–Crippen MR) is 82.2 cm³/mol. The summed E-state index contributed by atoms with van der Waals surface area (Å²) < 4.78 is 5.42. The summed E-state index contributed by atoms with van der Waals surface area (Å²) in [5, 5.41) is 0. The SMILES string of the molecule is CCCCCCCOC(=O)C(CCC)=C(CC)CC. The maximum absolute atomic E-state index is 12.1. The van der Waals surface area contributed by atoms with Crippen molar-refractivity contribution in [3.8, 4) is 0 Å². The molecule has 112 valence electrons. The van der Waals surface area contributed by atoms with Gasteiger partial charge >= 0.3 is 5.97 Å². The second kappa shape index (κ2) is 12.3. The van der Waals surface area contributed by atoms with E-state index < -0.39 is 0 Å². The molecule has 0 saturated carbocycles. The lowest BCUT2D eigenvalue weighted by atomic mass is 9.99. The van der Waals surface area contributed by atoms with Crippen LogP contribution in [0.4, 0.5) is 0 Å². The standard InChI is InChI=1S/C17H32O2/c1-5-9-10-11-12-14-19-17(18)16(13-6-2)15(7-3)8-4/h5-14H2,1-4H3. The molecule has 0 heterocycles. The first-order chi connectivity index (χ1) is 9.21. The van der Waals surface area contributed by atoms with Gasteiger partial charge in [0.2, 0.25) is 0 Å². The molecule has 19 heavy (non-hydrogen) atoms. The number of allylic oxidation sites excluding steroid dienone is 1. The van der Waals surface area contributed by atoms with Crippen molar-refractivity contribution in [2.75, 3.05) is 6.61 Å². The summed E-state index contributed by atoms with van der Waals surface area (Å²) in [6.45, 7) is 9.13. The Bertz CT molecular complexity index is 260. The molecule has 0 amide bonds. The van der Waals surface area contributed by atoms with Crippen LogP contribution in [-0.2, 0) is 9.53 Å². The van der Waals surface area contributed by atoms with Crippen LogP contribution in [0.25, 0.3) is 0 Å². The molecule has 0 aliphatic rings. The van der Waals surface area contributed by atoms with E-state index in [2.05, 4.69) is 27.7 Å². The molecule has 0 fully saturated rings. The fourth-order valence-electron chi connectivity index (χ4n) is 2.31. The van der Waals surface area contributed by atoms with E-state index in [-0.39, 0.29) is 5.97 Å². The highest BCUT2D eigenvalue weighted by Crippen LogP contribution is 2.19. The smallest absolute Gasteiger partial charge is 0.333 e. The Morgan fingerprint density at radius 2 is 1.47 bits per heavy atom. The fraction of sp³-hybridized carbons (Fsp3) is 0.824. The van der Waals surface area contributed by atoms with Crippen molar-refractivity contribution >= 4 is 5.97 Å². The van der Waals surface area contributed by atoms with Gasteiger partial charge in [0.15, 0.2) is 0 Å². The zero-order valence-corrected chi connectivity index (χ0v) is 13.4. The van der Waals surface area contributed by atoms with E-state index in [1.54, 1.807) is 0 Å². The first kappa shape index (κ1) is 18.2. The monoisotopic (exact) mass is 268 g/mol. The quantitative estimate of drug-likeness (QED) is 0.284. The van der Waals surface area contributed by atoms with Crippen molar-refractivity contribution in [2.45, 2.75) is 85.5 Å². The molecule has 0 aliphatic heterocycles. The van der Waals surface area contributed by atoms with Crippen molar-refractivity contribution in [2.24, 2.45) is 0 Å². The first-order valence-corrected chi connectivity index (χ1v) is 8.09. The summed E-state index contributed by atoms with van der Waals surface area (Å²) in [4.78, 5) is 12.1. The molecule has 0 N–H and O–H groups in total. The maximum atomic E-state index is 12.1. The van der Waals surface area contributed by atoms with Crippen LogP contribution in [0.5, 0.6) is 0 Å². The largest absolute Gasteiger partial charge is 0.462 e. The van der Waals surface area contributed by atoms with Gasteiger partial charge in [-0.15, -0.1) is 0 Å². The van der Waals surface area contributed by atoms with E-state index in [1.807, 2.05) is 0 Å². The van der Waals surface area contributed by atoms with E-state index in [0.717, 1.165) is 37.7 Å². The Morgan fingerprint density at radius 3 is 2.00 bits per heavy atom. The molecule has 2 nitrogen and oxygen atoms in total. The van der Waals surface area contributed by atoms with Crippen LogP contribution in [0.2, 0.25) is 0 Å². The molecule has 0 aromatic rings. The normalized spacial score (nSPS) is 10.3. The fourth-order valence-corrected chi connectivity index (χ4v) is 2.31. The predicted octanol–water partition coefficient (Wildman–Crippen LogP) is 5.42. The third-order valence-corrected chi connectivity index (χ3v) is 3.51. The van der Waals surface area contributed by atoms with Gasteiger partial charge in [0.05, 0.1) is 6.61 Å². The molecule has 0 spiro atoms. The van der Waals surface area contributed by atoms with Crippen LogP contribution < -0.4 is 0 Å². The summed E-state index contributed by atoms with van der Waals surface area (Å²) in [6.07, 6.45) is 9.72. The highest BCUT2D eigenvalue weighted by molar-refractivity contribution is 5.89. The summed E-state index contributed by atoms with van der Waals surface area (Å²) in [6, 6.07) is 0. The minimum atomic E-state index is -0.0731. The second-order valence-corrected chi connectivity index (χ2v) is 5.09. The molecular weight excluding hydrogens is 236 g/mol. The Hall–Kier alpha value is -0.790. The van der Waals surface area contributed by atoms with Gasteiger partial charge in [-0.3, -0.25) is 0 Å². The molecule has 2 heteroatoms. The third kappa shape index (κ3) is 8.07. The van der Waals surface area contributed by atoms with Gasteiger partial charge < -0.3 is 4.74 Å². The highest BCUT2D eigenvalue weighted by atomic mass is 16.5. The molecular formula is C17H32O2. The Kier molecular flexibility index (Phi) is 11.7. The summed E-state index contributed by atoms with van der Waals surface area (Å²) in [5.41, 5.74) is 2.19. The maximum Gasteiger partial charge on any atom is 0.333 e. The van der Waals surface area contributed by atoms with Crippen molar-refractivity contribution in [3.05, 3.63) is 11.1 Å². The average molecular weight is 268 g/mol. The van der Waals surface area contributed by atoms with Gasteiger partial charge in [-0.1, -0.05) is 65.4 Å². The molecule has 0 bridgehead atoms. The number of hydrogen-bond acceptors (Lipinski definition) is 2. The number of carbonyl (C=O) groups is 1. The number of hydrogen-bond donors (Lipinski definition) is 0. The van der Waals surface area contributed by atoms with Crippen LogP contribution in [0.3, 0.4) is 0 Å². The highest BCUT2D eigenvalue weighted by Gasteiger charge is 2.14. The molecule has 0 unspecified atom stereocenters. The van der Waals surface area contributed by atoms with Crippen LogP contribution in [-0.4, -0.2) is 12.6 Å². The Morgan fingerprint density at radius 1 is 0.842 bits per heavy atom. The van der Waals surface area contributed by atoms with Crippen molar-refractivity contribution in [1.82, 2.24) is 0 Å². The Labute approximate surface area is 119 Å². The van der Waals surface area contributed by atoms with E-state index in [0.29, 0.717) is 6.61 Å². The van der Waals surface area contributed by atoms with Gasteiger partial charge in [-0.2, -0.15) is 0 Å². The number of rotatable bonds is 11. The summed E-state index contributed by atoms with van der Waals surface area (Å²) in [5.74, 6) is -0.0731. The molecule has 0 aromatic heterocycles. The lowest BCUT2D eigenvalue weighted by Crippen LogP contribution is -2.11. The van der Waals surface area contributed by atoms with Crippen molar-refractivity contribution in [1.29, 1.82) is 0 Å². The minimum Gasteiger partial charge on any atom is -0.462 e. The molecule has 0 saturated heterocycles. The van der Waals surface area contributed by atoms with E-state index in [9.17, 15) is 4.79 Å². The van der Waals surface area contributed by atoms with Gasteiger partial charge in [0.1, 0.15) is 0 Å². The molecule has 0 atom stereocenters. The summed E-state index contributed by atoms with van der Waals surface area (Å²) in [7, 11) is 0. The lowest BCUT2D eigenvalue weighted by molar-refractivity contribution is -0.139. The zero-order chi connectivity index (χ0) is 14.5. The van der Waals surface area contributed by atoms with Crippen molar-refractivity contribution in [3.63, 3.8) is 0 Å². The number of esters is 1. The van der Waals surface area contributed by atoms with E-state index in [1.165, 1.54) is 31.3 Å². The van der Waals surface area contributed by atoms with Crippen LogP contribution >= 0.6 is 0 Å². The lowest BCUT2D eigenvalue weighted by Gasteiger charge is -2.12. The molecule has 0 aliphatic carbocycles. The van der Waals surface area contributed by atoms with Crippen molar-refractivity contribution < 1.29 is 9.53 Å². The molecule has 0 aromatic carbocycles. The third-order valence-electron chi connectivity index (χ3n) is 3.51. The first-order valence-electron chi connectivity index (χ1n) is 8.09. The van der Waals surface area contributed by atoms with E-state index >= 15 is 0 Å². The van der Waals surface area contributed by atoms with Gasteiger partial charge in [0, 0.05) is 5.57 Å². The number of unbranched alkanes of at least 4 members (excludes halogenated alkanes) is 4. The topological polar surface area (TPSA) is 26.3 Å². The summed E-state index contributed by atoms with van der Waals surface area (Å²) >= 11 is 0.